The van der Waals surface area contributed by atoms with Crippen molar-refractivity contribution >= 4 is 78.2 Å². The smallest absolute Gasteiger partial charge is 0.0542 e. The van der Waals surface area contributed by atoms with Crippen LogP contribution in [-0.4, -0.2) is 4.57 Å². The molecule has 3 heteroatoms. The van der Waals surface area contributed by atoms with E-state index < -0.39 is 0 Å². The van der Waals surface area contributed by atoms with Gasteiger partial charge in [-0.25, -0.2) is 0 Å². The molecule has 426 valence electrons. The quantitative estimate of drug-likeness (QED) is 0.121. The summed E-state index contributed by atoms with van der Waals surface area (Å²) in [6.07, 6.45) is 0. The van der Waals surface area contributed by atoms with Gasteiger partial charge in [-0.15, -0.1) is 0 Å². The number of nitrogens with zero attached hydrogens (tertiary/aromatic N) is 3. The predicted octanol–water partition coefficient (Wildman–Crippen LogP) is 23.4. The molecule has 0 unspecified atom stereocenters. The lowest BCUT2D eigenvalue weighted by Crippen LogP contribution is -2.10. The van der Waals surface area contributed by atoms with Crippen LogP contribution in [0.25, 0.3) is 83.2 Å². The maximum atomic E-state index is 2.45. The number of hydrogen-bond acceptors (Lipinski definition) is 2. The van der Waals surface area contributed by atoms with Crippen LogP contribution in [0.3, 0.4) is 0 Å². The van der Waals surface area contributed by atoms with Gasteiger partial charge in [0.2, 0.25) is 0 Å². The van der Waals surface area contributed by atoms with Crippen molar-refractivity contribution in [2.45, 2.75) is 0 Å². The summed E-state index contributed by atoms with van der Waals surface area (Å²) in [5.74, 6) is 0. The van der Waals surface area contributed by atoms with Crippen molar-refractivity contribution in [3.8, 4) is 39.1 Å². The number of hydrogen-bond donors (Lipinski definition) is 0. The molecule has 3 nitrogen and oxygen atoms in total. The van der Waals surface area contributed by atoms with Crippen LogP contribution in [0.4, 0.5) is 34.1 Å². The first-order valence-electron chi connectivity index (χ1n) is 31.3. The molecule has 0 saturated heterocycles. The molecule has 17 rings (SSSR count). The van der Waals surface area contributed by atoms with Gasteiger partial charge in [0.1, 0.15) is 0 Å². The van der Waals surface area contributed by atoms with Gasteiger partial charge in [0.05, 0.1) is 11.0 Å². The Balaban J connectivity index is 0.878. The van der Waals surface area contributed by atoms with E-state index in [1.807, 2.05) is 0 Å². The Morgan fingerprint density at radius 1 is 0.209 bits per heavy atom. The fourth-order valence-corrected chi connectivity index (χ4v) is 14.3. The molecule has 0 atom stereocenters. The van der Waals surface area contributed by atoms with Gasteiger partial charge >= 0.3 is 0 Å². The van der Waals surface area contributed by atoms with E-state index in [-0.39, 0.29) is 0 Å². The van der Waals surface area contributed by atoms with E-state index >= 15 is 0 Å². The van der Waals surface area contributed by atoms with Gasteiger partial charge < -0.3 is 14.4 Å². The summed E-state index contributed by atoms with van der Waals surface area (Å²) in [6, 6.07) is 131. The molecule has 1 heterocycles. The third-order valence-corrected chi connectivity index (χ3v) is 18.3. The second kappa shape index (κ2) is 22.6. The summed E-state index contributed by atoms with van der Waals surface area (Å²) < 4.78 is 2.45. The molecule has 2 aliphatic carbocycles. The van der Waals surface area contributed by atoms with Crippen molar-refractivity contribution in [2.75, 3.05) is 9.80 Å². The summed E-state index contributed by atoms with van der Waals surface area (Å²) in [5.41, 5.74) is 31.6. The van der Waals surface area contributed by atoms with Crippen molar-refractivity contribution in [2.24, 2.45) is 0 Å². The van der Waals surface area contributed by atoms with Crippen molar-refractivity contribution in [1.82, 2.24) is 4.57 Å². The van der Waals surface area contributed by atoms with Gasteiger partial charge in [0.25, 0.3) is 0 Å². The van der Waals surface area contributed by atoms with Crippen molar-refractivity contribution in [1.29, 1.82) is 0 Å². The van der Waals surface area contributed by atoms with Gasteiger partial charge in [-0.05, 0) is 197 Å². The molecule has 2 aliphatic rings. The molecule has 0 aliphatic heterocycles. The molecule has 0 saturated carbocycles. The summed E-state index contributed by atoms with van der Waals surface area (Å²) in [5, 5.41) is 2.29. The number of anilines is 6. The predicted molar refractivity (Wildman–Crippen MR) is 382 cm³/mol. The highest BCUT2D eigenvalue weighted by molar-refractivity contribution is 6.17. The molecule has 14 aromatic carbocycles. The minimum absolute atomic E-state index is 1.06. The molecular weight excluding hydrogens is 1100 g/mol. The SMILES string of the molecule is c1ccc(C(=C2c3ccccc3-c3ccc(N(c4ccccc4)c4ccc5c(c4)c4cc(N(c6ccccc6)c6ccc7c(c6)C(=C(c6ccccc6)c6ccccc6)c6ccccc6-7)ccc4n5-c4ccc(-c5ccccc5)cc4)cc32)c2ccccc2)cc1. The van der Waals surface area contributed by atoms with Crippen LogP contribution < -0.4 is 9.80 Å². The monoisotopic (exact) mass is 1160 g/mol. The Morgan fingerprint density at radius 3 is 0.890 bits per heavy atom. The highest BCUT2D eigenvalue weighted by Gasteiger charge is 2.31. The molecule has 0 fully saturated rings. The Labute approximate surface area is 530 Å². The van der Waals surface area contributed by atoms with Crippen molar-refractivity contribution < 1.29 is 0 Å². The molecule has 15 aromatic rings. The third kappa shape index (κ3) is 9.30. The maximum absolute atomic E-state index is 2.45. The molecule has 0 spiro atoms. The second-order valence-corrected chi connectivity index (χ2v) is 23.5. The average Bonchev–Trinajstić information content (AvgIpc) is 1.62. The summed E-state index contributed by atoms with van der Waals surface area (Å²) in [6.45, 7) is 0. The summed E-state index contributed by atoms with van der Waals surface area (Å²) >= 11 is 0. The van der Waals surface area contributed by atoms with Gasteiger partial charge in [-0.1, -0.05) is 261 Å². The zero-order valence-corrected chi connectivity index (χ0v) is 49.9. The zero-order valence-electron chi connectivity index (χ0n) is 49.9. The molecule has 0 N–H and O–H groups in total. The van der Waals surface area contributed by atoms with E-state index in [9.17, 15) is 0 Å². The van der Waals surface area contributed by atoms with E-state index in [0.29, 0.717) is 0 Å². The Bertz CT molecular complexity index is 4910. The van der Waals surface area contributed by atoms with Crippen LogP contribution in [-0.2, 0) is 0 Å². The molecule has 0 amide bonds. The third-order valence-electron chi connectivity index (χ3n) is 18.3. The molecule has 0 bridgehead atoms. The number of para-hydroxylation sites is 2. The molecular formula is C88H59N3. The molecule has 0 radical (unpaired) electrons. The summed E-state index contributed by atoms with van der Waals surface area (Å²) in [4.78, 5) is 4.88. The van der Waals surface area contributed by atoms with Crippen LogP contribution in [0.1, 0.15) is 44.5 Å². The van der Waals surface area contributed by atoms with Crippen molar-refractivity contribution in [3.63, 3.8) is 0 Å². The Morgan fingerprint density at radius 2 is 0.505 bits per heavy atom. The van der Waals surface area contributed by atoms with Gasteiger partial charge in [0, 0.05) is 50.6 Å². The first kappa shape index (κ1) is 53.2. The largest absolute Gasteiger partial charge is 0.310 e. The van der Waals surface area contributed by atoms with Crippen LogP contribution >= 0.6 is 0 Å². The van der Waals surface area contributed by atoms with Gasteiger partial charge in [-0.3, -0.25) is 0 Å². The lowest BCUT2D eigenvalue weighted by Gasteiger charge is -2.27. The normalized spacial score (nSPS) is 11.9. The zero-order chi connectivity index (χ0) is 60.2. The number of rotatable bonds is 12. The van der Waals surface area contributed by atoms with Gasteiger partial charge in [-0.2, -0.15) is 0 Å². The molecule has 1 aromatic heterocycles. The minimum Gasteiger partial charge on any atom is -0.310 e. The first-order valence-corrected chi connectivity index (χ1v) is 31.3. The number of aromatic nitrogens is 1. The summed E-state index contributed by atoms with van der Waals surface area (Å²) in [7, 11) is 0. The number of fused-ring (bicyclic) bond motifs is 9. The van der Waals surface area contributed by atoms with E-state index in [2.05, 4.69) is 372 Å². The Kier molecular flexibility index (Phi) is 13.2. The van der Waals surface area contributed by atoms with E-state index in [1.165, 1.54) is 100 Å². The standard InChI is InChI=1S/C88H59N3/c1-8-26-60(27-9-1)61-44-46-68(47-45-61)91-83-54-50-71(89(66-36-18-6-19-37-66)69-48-52-75-73-40-22-24-42-77(73)87(81(75)58-69)85(62-28-10-2-11-29-62)63-30-12-3-13-31-63)56-79(83)80-57-72(51-55-84(80)91)90(67-38-20-7-21-39-67)70-49-53-76-74-41-23-25-43-78(74)88(82(76)59-70)86(64-32-14-4-15-33-64)65-34-16-5-17-35-65/h1-59H. The highest BCUT2D eigenvalue weighted by Crippen LogP contribution is 2.54. The fraction of sp³-hybridized carbons (Fsp3) is 0. The van der Waals surface area contributed by atoms with Crippen LogP contribution in [0, 0.1) is 0 Å². The van der Waals surface area contributed by atoms with Gasteiger partial charge in [0.15, 0.2) is 0 Å². The average molecular weight is 1160 g/mol. The minimum atomic E-state index is 1.06. The van der Waals surface area contributed by atoms with E-state index in [0.717, 1.165) is 61.6 Å². The highest BCUT2D eigenvalue weighted by atomic mass is 15.2. The fourth-order valence-electron chi connectivity index (χ4n) is 14.3. The Hall–Kier alpha value is -12.0. The lowest BCUT2D eigenvalue weighted by molar-refractivity contribution is 1.18. The second-order valence-electron chi connectivity index (χ2n) is 23.5. The van der Waals surface area contributed by atoms with Crippen LogP contribution in [0.2, 0.25) is 0 Å². The number of benzene rings is 14. The van der Waals surface area contributed by atoms with E-state index in [4.69, 9.17) is 0 Å². The topological polar surface area (TPSA) is 11.4 Å². The first-order chi connectivity index (χ1) is 45.2. The van der Waals surface area contributed by atoms with Crippen LogP contribution in [0.15, 0.2) is 358 Å². The van der Waals surface area contributed by atoms with E-state index in [1.54, 1.807) is 0 Å². The lowest BCUT2D eigenvalue weighted by atomic mass is 9.88. The van der Waals surface area contributed by atoms with Crippen molar-refractivity contribution in [3.05, 3.63) is 402 Å². The maximum Gasteiger partial charge on any atom is 0.0542 e. The molecule has 91 heavy (non-hydrogen) atoms. The van der Waals surface area contributed by atoms with Crippen LogP contribution in [0.5, 0.6) is 0 Å².